The van der Waals surface area contributed by atoms with Gasteiger partial charge in [0.05, 0.1) is 11.2 Å². The Morgan fingerprint density at radius 3 is 2.61 bits per heavy atom. The molecule has 0 aliphatic carbocycles. The van der Waals surface area contributed by atoms with Crippen molar-refractivity contribution in [1.29, 1.82) is 0 Å². The van der Waals surface area contributed by atoms with Crippen molar-refractivity contribution in [3.05, 3.63) is 54.4 Å². The Morgan fingerprint density at radius 1 is 1.09 bits per heavy atom. The summed E-state index contributed by atoms with van der Waals surface area (Å²) < 4.78 is 13.3. The maximum Gasteiger partial charge on any atom is 0.324 e. The largest absolute Gasteiger partial charge is 0.476 e. The molecule has 6 heterocycles. The van der Waals surface area contributed by atoms with Crippen LogP contribution in [0.3, 0.4) is 0 Å². The molecule has 2 bridgehead atoms. The second-order valence-corrected chi connectivity index (χ2v) is 13.2. The van der Waals surface area contributed by atoms with Gasteiger partial charge in [-0.1, -0.05) is 49.4 Å². The van der Waals surface area contributed by atoms with E-state index in [1.165, 1.54) is 11.3 Å². The summed E-state index contributed by atoms with van der Waals surface area (Å²) in [7, 11) is 0. The molecule has 2 atom stereocenters. The van der Waals surface area contributed by atoms with Crippen LogP contribution in [-0.4, -0.2) is 79.7 Å². The highest BCUT2D eigenvalue weighted by molar-refractivity contribution is 7.23. The zero-order valence-corrected chi connectivity index (χ0v) is 25.4. The van der Waals surface area contributed by atoms with Gasteiger partial charge in [-0.05, 0) is 24.6 Å². The van der Waals surface area contributed by atoms with Crippen molar-refractivity contribution in [2.45, 2.75) is 44.7 Å². The summed E-state index contributed by atoms with van der Waals surface area (Å²) in [6, 6.07) is 12.9. The van der Waals surface area contributed by atoms with Crippen LogP contribution < -0.4 is 21.1 Å². The minimum absolute atomic E-state index is 0.200. The number of nitrogens with zero attached hydrogens (tertiary/aromatic N) is 6. The molecule has 2 aliphatic rings. The van der Waals surface area contributed by atoms with Gasteiger partial charge in [0.15, 0.2) is 10.8 Å². The molecular formula is C30H33N9O4S. The first-order valence-corrected chi connectivity index (χ1v) is 15.3. The van der Waals surface area contributed by atoms with Crippen LogP contribution in [0.15, 0.2) is 53.2 Å². The Morgan fingerprint density at radius 2 is 1.91 bits per heavy atom. The van der Waals surface area contributed by atoms with E-state index in [9.17, 15) is 9.59 Å². The number of amides is 4. The minimum Gasteiger partial charge on any atom is -0.476 e. The zero-order valence-electron chi connectivity index (χ0n) is 24.6. The maximum atomic E-state index is 12.5. The zero-order chi connectivity index (χ0) is 30.6. The standard InChI is InChI=1S/C30H33N9O4S/c1-30(2,3)23-13-24(36-43-23)34-28(41)32-18-6-4-17(5-7-18)21-16-39-22-8-9-25(35-26(22)44-29(39)33-21)42-11-10-37-14-20-12-19(37)15-38(20)27(31)40/h4-9,13,16,19-20H,10-12,14-15H2,1-3H3,(H2,31,40)(H2,32,34,36,41)/t19-,20-/m0/s1. The topological polar surface area (TPSA) is 156 Å². The highest BCUT2D eigenvalue weighted by Crippen LogP contribution is 2.32. The summed E-state index contributed by atoms with van der Waals surface area (Å²) >= 11 is 1.50. The third-order valence-corrected chi connectivity index (χ3v) is 9.10. The van der Waals surface area contributed by atoms with E-state index in [2.05, 4.69) is 20.7 Å². The monoisotopic (exact) mass is 615 g/mol. The van der Waals surface area contributed by atoms with Gasteiger partial charge >= 0.3 is 12.1 Å². The van der Waals surface area contributed by atoms with Gasteiger partial charge in [0.2, 0.25) is 5.88 Å². The van der Waals surface area contributed by atoms with Crippen LogP contribution in [0.4, 0.5) is 21.1 Å². The SMILES string of the molecule is CC(C)(C)c1cc(NC(=O)Nc2ccc(-c3cn4c(n3)sc3nc(OCCN5C[C@@H]6C[C@H]5CN6C(N)=O)ccc34)cc2)no1. The molecule has 2 saturated heterocycles. The summed E-state index contributed by atoms with van der Waals surface area (Å²) in [5.74, 6) is 1.63. The highest BCUT2D eigenvalue weighted by atomic mass is 32.1. The van der Waals surface area contributed by atoms with E-state index in [1.807, 2.05) is 67.8 Å². The van der Waals surface area contributed by atoms with Crippen LogP contribution >= 0.6 is 11.3 Å². The lowest BCUT2D eigenvalue weighted by Gasteiger charge is -2.32. The molecule has 228 valence electrons. The highest BCUT2D eigenvalue weighted by Gasteiger charge is 2.44. The molecule has 0 unspecified atom stereocenters. The first-order valence-electron chi connectivity index (χ1n) is 14.5. The van der Waals surface area contributed by atoms with E-state index in [1.54, 1.807) is 11.0 Å². The number of hydrogen-bond donors (Lipinski definition) is 3. The summed E-state index contributed by atoms with van der Waals surface area (Å²) in [4.78, 5) is 39.3. The first-order chi connectivity index (χ1) is 21.1. The molecule has 4 aromatic heterocycles. The predicted molar refractivity (Wildman–Crippen MR) is 167 cm³/mol. The number of likely N-dealkylation sites (tertiary alicyclic amines) is 2. The molecule has 4 N–H and O–H groups in total. The smallest absolute Gasteiger partial charge is 0.324 e. The number of primary amides is 1. The van der Waals surface area contributed by atoms with Crippen molar-refractivity contribution in [2.75, 3.05) is 36.9 Å². The van der Waals surface area contributed by atoms with E-state index >= 15 is 0 Å². The molecule has 2 aliphatic heterocycles. The van der Waals surface area contributed by atoms with Crippen molar-refractivity contribution in [1.82, 2.24) is 29.3 Å². The average Bonchev–Trinajstić information content (AvgIpc) is 3.79. The number of carbonyl (C=O) groups excluding carboxylic acids is 2. The number of urea groups is 2. The van der Waals surface area contributed by atoms with Gasteiger partial charge in [0.1, 0.15) is 17.2 Å². The fourth-order valence-electron chi connectivity index (χ4n) is 5.84. The lowest BCUT2D eigenvalue weighted by Crippen LogP contribution is -2.51. The van der Waals surface area contributed by atoms with Gasteiger partial charge in [-0.2, -0.15) is 0 Å². The number of rotatable bonds is 7. The second kappa shape index (κ2) is 10.8. The Bertz CT molecular complexity index is 1860. The molecule has 4 amide bonds. The summed E-state index contributed by atoms with van der Waals surface area (Å²) in [5.41, 5.74) is 8.61. The van der Waals surface area contributed by atoms with Gasteiger partial charge in [0, 0.05) is 66.7 Å². The number of imidazole rings is 1. The van der Waals surface area contributed by atoms with Crippen LogP contribution in [0.5, 0.6) is 5.88 Å². The van der Waals surface area contributed by atoms with Crippen molar-refractivity contribution >= 4 is 50.2 Å². The molecular weight excluding hydrogens is 582 g/mol. The van der Waals surface area contributed by atoms with Gasteiger partial charge in [-0.15, -0.1) is 0 Å². The van der Waals surface area contributed by atoms with E-state index in [0.717, 1.165) is 46.1 Å². The quantitative estimate of drug-likeness (QED) is 0.237. The molecule has 5 aromatic rings. The number of piperazine rings is 1. The first kappa shape index (κ1) is 28.1. The number of benzene rings is 1. The van der Waals surface area contributed by atoms with Gasteiger partial charge in [-0.25, -0.2) is 19.6 Å². The van der Waals surface area contributed by atoms with Crippen LogP contribution in [0.1, 0.15) is 33.0 Å². The number of nitrogens with one attached hydrogen (secondary N) is 2. The molecule has 7 rings (SSSR count). The number of nitrogens with two attached hydrogens (primary N) is 1. The third-order valence-electron chi connectivity index (χ3n) is 8.13. The molecule has 0 spiro atoms. The van der Waals surface area contributed by atoms with E-state index in [0.29, 0.717) is 42.3 Å². The second-order valence-electron chi connectivity index (χ2n) is 12.2. The lowest BCUT2D eigenvalue weighted by molar-refractivity contribution is 0.126. The molecule has 14 heteroatoms. The van der Waals surface area contributed by atoms with Crippen LogP contribution in [0.2, 0.25) is 0 Å². The normalized spacial score (nSPS) is 18.4. The number of ether oxygens (including phenoxy) is 1. The van der Waals surface area contributed by atoms with Crippen LogP contribution in [0.25, 0.3) is 26.6 Å². The van der Waals surface area contributed by atoms with Crippen LogP contribution in [-0.2, 0) is 5.41 Å². The molecule has 1 aromatic carbocycles. The number of pyridine rings is 1. The summed E-state index contributed by atoms with van der Waals surface area (Å²) in [6.07, 6.45) is 2.96. The number of hydrogen-bond acceptors (Lipinski definition) is 9. The summed E-state index contributed by atoms with van der Waals surface area (Å²) in [6.45, 7) is 8.87. The van der Waals surface area contributed by atoms with E-state index < -0.39 is 6.03 Å². The van der Waals surface area contributed by atoms with Crippen molar-refractivity contribution in [2.24, 2.45) is 5.73 Å². The number of carbonyl (C=O) groups is 2. The van der Waals surface area contributed by atoms with E-state index in [-0.39, 0.29) is 17.5 Å². The average molecular weight is 616 g/mol. The summed E-state index contributed by atoms with van der Waals surface area (Å²) in [5, 5.41) is 9.43. The van der Waals surface area contributed by atoms with E-state index in [4.69, 9.17) is 25.0 Å². The van der Waals surface area contributed by atoms with Crippen molar-refractivity contribution < 1.29 is 18.8 Å². The van der Waals surface area contributed by atoms with Crippen molar-refractivity contribution in [3.63, 3.8) is 0 Å². The predicted octanol–water partition coefficient (Wildman–Crippen LogP) is 4.76. The number of fused-ring (bicyclic) bond motifs is 5. The molecule has 0 radical (unpaired) electrons. The van der Waals surface area contributed by atoms with Crippen LogP contribution in [0, 0.1) is 0 Å². The molecule has 0 saturated carbocycles. The Labute approximate surface area is 257 Å². The fraction of sp³-hybridized carbons (Fsp3) is 0.367. The fourth-order valence-corrected chi connectivity index (χ4v) is 6.81. The van der Waals surface area contributed by atoms with Gasteiger partial charge < -0.3 is 25.2 Å². The van der Waals surface area contributed by atoms with Crippen molar-refractivity contribution in [3.8, 4) is 17.1 Å². The van der Waals surface area contributed by atoms with Gasteiger partial charge in [-0.3, -0.25) is 14.6 Å². The third kappa shape index (κ3) is 5.42. The molecule has 2 fully saturated rings. The number of anilines is 2. The molecule has 13 nitrogen and oxygen atoms in total. The minimum atomic E-state index is -0.407. The Kier molecular flexibility index (Phi) is 6.89. The Balaban J connectivity index is 0.954. The Hall–Kier alpha value is -4.69. The molecule has 44 heavy (non-hydrogen) atoms. The maximum absolute atomic E-state index is 12.5. The number of aromatic nitrogens is 4. The lowest BCUT2D eigenvalue weighted by atomic mass is 9.93. The van der Waals surface area contributed by atoms with Gasteiger partial charge in [0.25, 0.3) is 0 Å². The number of thiazole rings is 1.